The highest BCUT2D eigenvalue weighted by molar-refractivity contribution is 5.80. The molecule has 0 aromatic heterocycles. The predicted octanol–water partition coefficient (Wildman–Crippen LogP) is 1.68. The second-order valence-electron chi connectivity index (χ2n) is 6.13. The van der Waals surface area contributed by atoms with Crippen molar-refractivity contribution in [1.29, 1.82) is 0 Å². The first kappa shape index (κ1) is 14.6. The minimum atomic E-state index is 0.652. The average molecular weight is 266 g/mol. The molecule has 0 aromatic rings. The van der Waals surface area contributed by atoms with Crippen molar-refractivity contribution in [2.24, 2.45) is 16.8 Å². The van der Waals surface area contributed by atoms with E-state index in [-0.39, 0.29) is 0 Å². The molecule has 19 heavy (non-hydrogen) atoms. The van der Waals surface area contributed by atoms with E-state index in [1.807, 2.05) is 7.05 Å². The van der Waals surface area contributed by atoms with E-state index in [1.54, 1.807) is 0 Å². The van der Waals surface area contributed by atoms with Gasteiger partial charge in [-0.1, -0.05) is 13.8 Å². The largest absolute Gasteiger partial charge is 0.356 e. The molecule has 0 bridgehead atoms. The summed E-state index contributed by atoms with van der Waals surface area (Å²) in [4.78, 5) is 6.85. The minimum Gasteiger partial charge on any atom is -0.356 e. The number of rotatable bonds is 5. The highest BCUT2D eigenvalue weighted by Gasteiger charge is 2.33. The summed E-state index contributed by atoms with van der Waals surface area (Å²) in [6.45, 7) is 9.38. The molecule has 0 radical (unpaired) electrons. The van der Waals surface area contributed by atoms with Gasteiger partial charge in [0.15, 0.2) is 5.96 Å². The fourth-order valence-corrected chi connectivity index (χ4v) is 2.88. The number of hydrogen-bond donors (Lipinski definition) is 2. The minimum absolute atomic E-state index is 0.652. The second-order valence-corrected chi connectivity index (χ2v) is 6.13. The molecule has 1 aliphatic carbocycles. The van der Waals surface area contributed by atoms with Crippen LogP contribution in [0.4, 0.5) is 0 Å². The van der Waals surface area contributed by atoms with Gasteiger partial charge < -0.3 is 15.5 Å². The fourth-order valence-electron chi connectivity index (χ4n) is 2.88. The molecule has 1 heterocycles. The monoisotopic (exact) mass is 266 g/mol. The Bertz CT molecular complexity index is 295. The van der Waals surface area contributed by atoms with Crippen molar-refractivity contribution in [3.05, 3.63) is 0 Å². The van der Waals surface area contributed by atoms with Gasteiger partial charge in [0.05, 0.1) is 0 Å². The zero-order valence-corrected chi connectivity index (χ0v) is 12.8. The number of likely N-dealkylation sites (tertiary alicyclic amines) is 1. The number of nitrogens with one attached hydrogen (secondary N) is 2. The number of guanidine groups is 1. The molecule has 2 aliphatic rings. The smallest absolute Gasteiger partial charge is 0.191 e. The third-order valence-corrected chi connectivity index (χ3v) is 4.65. The molecule has 0 aromatic carbocycles. The molecular formula is C15H30N4. The van der Waals surface area contributed by atoms with E-state index in [9.17, 15) is 0 Å². The maximum atomic E-state index is 4.30. The first-order chi connectivity index (χ1) is 9.22. The number of aliphatic imine (C=N–C) groups is 1. The van der Waals surface area contributed by atoms with Crippen LogP contribution in [0.3, 0.4) is 0 Å². The highest BCUT2D eigenvalue weighted by Crippen LogP contribution is 2.28. The lowest BCUT2D eigenvalue weighted by Crippen LogP contribution is -2.40. The van der Waals surface area contributed by atoms with Crippen LogP contribution in [0.5, 0.6) is 0 Å². The Balaban J connectivity index is 1.58. The first-order valence-corrected chi connectivity index (χ1v) is 7.92. The summed E-state index contributed by atoms with van der Waals surface area (Å²) in [5.41, 5.74) is 0. The van der Waals surface area contributed by atoms with E-state index >= 15 is 0 Å². The Labute approximate surface area is 118 Å². The summed E-state index contributed by atoms with van der Waals surface area (Å²) in [7, 11) is 1.86. The van der Waals surface area contributed by atoms with Gasteiger partial charge in [-0.25, -0.2) is 0 Å². The third-order valence-electron chi connectivity index (χ3n) is 4.65. The summed E-state index contributed by atoms with van der Waals surface area (Å²) in [5.74, 6) is 2.70. The number of nitrogens with zero attached hydrogens (tertiary/aromatic N) is 2. The highest BCUT2D eigenvalue weighted by atomic mass is 15.2. The van der Waals surface area contributed by atoms with E-state index in [0.29, 0.717) is 6.04 Å². The summed E-state index contributed by atoms with van der Waals surface area (Å²) in [6.07, 6.45) is 5.29. The Morgan fingerprint density at radius 2 is 2.00 bits per heavy atom. The van der Waals surface area contributed by atoms with Crippen LogP contribution in [-0.4, -0.2) is 50.1 Å². The molecule has 1 aliphatic heterocycles. The van der Waals surface area contributed by atoms with Crippen LogP contribution in [0, 0.1) is 11.8 Å². The Morgan fingerprint density at radius 3 is 2.53 bits per heavy atom. The lowest BCUT2D eigenvalue weighted by Gasteiger charge is -2.31. The lowest BCUT2D eigenvalue weighted by molar-refractivity contribution is 0.187. The van der Waals surface area contributed by atoms with Crippen LogP contribution >= 0.6 is 0 Å². The van der Waals surface area contributed by atoms with Gasteiger partial charge in [0, 0.05) is 19.6 Å². The topological polar surface area (TPSA) is 39.7 Å². The van der Waals surface area contributed by atoms with Crippen molar-refractivity contribution in [2.45, 2.75) is 45.6 Å². The van der Waals surface area contributed by atoms with Gasteiger partial charge in [-0.15, -0.1) is 0 Å². The molecule has 2 unspecified atom stereocenters. The molecule has 2 N–H and O–H groups in total. The average Bonchev–Trinajstić information content (AvgIpc) is 3.13. The first-order valence-electron chi connectivity index (χ1n) is 7.92. The van der Waals surface area contributed by atoms with E-state index in [4.69, 9.17) is 0 Å². The molecular weight excluding hydrogens is 236 g/mol. The lowest BCUT2D eigenvalue weighted by atomic mass is 9.93. The third kappa shape index (κ3) is 4.68. The van der Waals surface area contributed by atoms with E-state index in [1.165, 1.54) is 45.3 Å². The predicted molar refractivity (Wildman–Crippen MR) is 81.5 cm³/mol. The molecule has 1 saturated carbocycles. The van der Waals surface area contributed by atoms with Gasteiger partial charge >= 0.3 is 0 Å². The fraction of sp³-hybridized carbons (Fsp3) is 0.933. The van der Waals surface area contributed by atoms with Crippen molar-refractivity contribution in [2.75, 3.05) is 33.2 Å². The van der Waals surface area contributed by atoms with Gasteiger partial charge in [-0.05, 0) is 57.2 Å². The van der Waals surface area contributed by atoms with Crippen LogP contribution in [0.25, 0.3) is 0 Å². The maximum Gasteiger partial charge on any atom is 0.191 e. The van der Waals surface area contributed by atoms with Crippen molar-refractivity contribution in [1.82, 2.24) is 15.5 Å². The molecule has 0 spiro atoms. The van der Waals surface area contributed by atoms with Gasteiger partial charge in [0.2, 0.25) is 0 Å². The summed E-state index contributed by atoms with van der Waals surface area (Å²) < 4.78 is 0. The van der Waals surface area contributed by atoms with Crippen molar-refractivity contribution < 1.29 is 0 Å². The van der Waals surface area contributed by atoms with Crippen molar-refractivity contribution in [3.8, 4) is 0 Å². The van der Waals surface area contributed by atoms with Gasteiger partial charge in [0.25, 0.3) is 0 Å². The SMILES string of the molecule is CCN1CCC(CCNC(=NC)NC2CC2C)CC1. The second kappa shape index (κ2) is 7.13. The molecule has 2 atom stereocenters. The van der Waals surface area contributed by atoms with E-state index < -0.39 is 0 Å². The molecule has 2 rings (SSSR count). The van der Waals surface area contributed by atoms with Gasteiger partial charge in [-0.2, -0.15) is 0 Å². The van der Waals surface area contributed by atoms with Crippen LogP contribution < -0.4 is 10.6 Å². The zero-order chi connectivity index (χ0) is 13.7. The number of hydrogen-bond acceptors (Lipinski definition) is 2. The molecule has 0 amide bonds. The van der Waals surface area contributed by atoms with Gasteiger partial charge in [0.1, 0.15) is 0 Å². The van der Waals surface area contributed by atoms with Crippen molar-refractivity contribution >= 4 is 5.96 Å². The maximum absolute atomic E-state index is 4.30. The number of piperidine rings is 1. The van der Waals surface area contributed by atoms with E-state index in [0.717, 1.165) is 24.3 Å². The summed E-state index contributed by atoms with van der Waals surface area (Å²) in [6, 6.07) is 0.652. The molecule has 110 valence electrons. The Kier molecular flexibility index (Phi) is 5.49. The zero-order valence-electron chi connectivity index (χ0n) is 12.8. The van der Waals surface area contributed by atoms with Crippen LogP contribution in [0.2, 0.25) is 0 Å². The summed E-state index contributed by atoms with van der Waals surface area (Å²) in [5, 5.41) is 6.93. The van der Waals surface area contributed by atoms with Crippen LogP contribution in [0.1, 0.15) is 39.5 Å². The van der Waals surface area contributed by atoms with E-state index in [2.05, 4.69) is 34.4 Å². The molecule has 2 fully saturated rings. The molecule has 4 heteroatoms. The Morgan fingerprint density at radius 1 is 1.32 bits per heavy atom. The van der Waals surface area contributed by atoms with Crippen molar-refractivity contribution in [3.63, 3.8) is 0 Å². The van der Waals surface area contributed by atoms with Gasteiger partial charge in [-0.3, -0.25) is 4.99 Å². The normalized spacial score (nSPS) is 29.3. The van der Waals surface area contributed by atoms with Crippen LogP contribution in [-0.2, 0) is 0 Å². The molecule has 4 nitrogen and oxygen atoms in total. The summed E-state index contributed by atoms with van der Waals surface area (Å²) >= 11 is 0. The quantitative estimate of drug-likeness (QED) is 0.587. The van der Waals surface area contributed by atoms with Crippen LogP contribution in [0.15, 0.2) is 4.99 Å². The standard InChI is InChI=1S/C15H30N4/c1-4-19-9-6-13(7-10-19)5-8-17-15(16-3)18-14-11-12(14)2/h12-14H,4-11H2,1-3H3,(H2,16,17,18). The molecule has 1 saturated heterocycles. The Hall–Kier alpha value is -0.770.